The molecule has 0 unspecified atom stereocenters. The molecule has 1 saturated carbocycles. The molecule has 0 aliphatic heterocycles. The van der Waals surface area contributed by atoms with Crippen molar-refractivity contribution in [1.82, 2.24) is 4.98 Å². The Morgan fingerprint density at radius 1 is 1.22 bits per heavy atom. The number of rotatable bonds is 5. The Kier molecular flexibility index (Phi) is 6.64. The van der Waals surface area contributed by atoms with Crippen LogP contribution in [0.5, 0.6) is 5.75 Å². The molecule has 122 valence electrons. The number of para-hydroxylation sites is 1. The molecule has 23 heavy (non-hydrogen) atoms. The first-order valence-corrected chi connectivity index (χ1v) is 7.54. The Morgan fingerprint density at radius 2 is 2.00 bits per heavy atom. The van der Waals surface area contributed by atoms with E-state index < -0.39 is 0 Å². The van der Waals surface area contributed by atoms with E-state index >= 15 is 0 Å². The van der Waals surface area contributed by atoms with Crippen LogP contribution < -0.4 is 15.8 Å². The smallest absolute Gasteiger partial charge is 0.194 e. The maximum Gasteiger partial charge on any atom is 0.194 e. The molecule has 3 N–H and O–H groups in total. The van der Waals surface area contributed by atoms with Crippen LogP contribution >= 0.6 is 24.0 Å². The number of nitrogens with two attached hydrogens (primary N) is 1. The molecule has 0 saturated heterocycles. The fourth-order valence-corrected chi connectivity index (χ4v) is 2.20. The lowest BCUT2D eigenvalue weighted by Crippen LogP contribution is -2.25. The van der Waals surface area contributed by atoms with Crippen molar-refractivity contribution in [2.24, 2.45) is 10.7 Å². The molecule has 1 aliphatic carbocycles. The van der Waals surface area contributed by atoms with Gasteiger partial charge in [0.1, 0.15) is 11.6 Å². The van der Waals surface area contributed by atoms with Gasteiger partial charge in [0, 0.05) is 11.8 Å². The monoisotopic (exact) mass is 424 g/mol. The second kappa shape index (κ2) is 8.71. The lowest BCUT2D eigenvalue weighted by Gasteiger charge is -2.27. The van der Waals surface area contributed by atoms with E-state index in [1.807, 2.05) is 42.5 Å². The van der Waals surface area contributed by atoms with Gasteiger partial charge in [0.15, 0.2) is 5.96 Å². The molecule has 1 aromatic heterocycles. The van der Waals surface area contributed by atoms with Crippen molar-refractivity contribution < 1.29 is 4.74 Å². The second-order valence-corrected chi connectivity index (χ2v) is 5.32. The summed E-state index contributed by atoms with van der Waals surface area (Å²) in [4.78, 5) is 8.52. The summed E-state index contributed by atoms with van der Waals surface area (Å²) < 4.78 is 5.99. The molecule has 1 fully saturated rings. The van der Waals surface area contributed by atoms with Crippen LogP contribution in [0.3, 0.4) is 0 Å². The molecule has 5 nitrogen and oxygen atoms in total. The Hall–Kier alpha value is -1.83. The van der Waals surface area contributed by atoms with Crippen LogP contribution in [-0.4, -0.2) is 17.0 Å². The average Bonchev–Trinajstić information content (AvgIpc) is 2.51. The summed E-state index contributed by atoms with van der Waals surface area (Å²) in [6.07, 6.45) is 5.60. The van der Waals surface area contributed by atoms with E-state index in [1.54, 1.807) is 6.20 Å². The summed E-state index contributed by atoms with van der Waals surface area (Å²) in [6.45, 7) is 0.481. The summed E-state index contributed by atoms with van der Waals surface area (Å²) in [7, 11) is 0. The number of hydrogen-bond acceptors (Lipinski definition) is 3. The first-order chi connectivity index (χ1) is 10.8. The van der Waals surface area contributed by atoms with Crippen molar-refractivity contribution in [3.63, 3.8) is 0 Å². The molecule has 1 heterocycles. The first-order valence-electron chi connectivity index (χ1n) is 7.54. The van der Waals surface area contributed by atoms with Crippen LogP contribution in [0.2, 0.25) is 0 Å². The zero-order valence-corrected chi connectivity index (χ0v) is 15.1. The van der Waals surface area contributed by atoms with Gasteiger partial charge >= 0.3 is 0 Å². The van der Waals surface area contributed by atoms with Gasteiger partial charge in [-0.1, -0.05) is 24.3 Å². The van der Waals surface area contributed by atoms with Crippen molar-refractivity contribution in [3.8, 4) is 5.75 Å². The summed E-state index contributed by atoms with van der Waals surface area (Å²) in [6, 6.07) is 13.6. The summed E-state index contributed by atoms with van der Waals surface area (Å²) in [5, 5.41) is 2.97. The van der Waals surface area contributed by atoms with Crippen molar-refractivity contribution in [1.29, 1.82) is 0 Å². The fraction of sp³-hybridized carbons (Fsp3) is 0.294. The van der Waals surface area contributed by atoms with Gasteiger partial charge in [-0.05, 0) is 37.5 Å². The molecule has 0 amide bonds. The van der Waals surface area contributed by atoms with Crippen molar-refractivity contribution >= 4 is 35.8 Å². The molecule has 1 aliphatic rings. The Balaban J connectivity index is 0.00000192. The Bertz CT molecular complexity index is 644. The molecule has 0 spiro atoms. The average molecular weight is 424 g/mol. The van der Waals surface area contributed by atoms with Gasteiger partial charge in [-0.25, -0.2) is 9.98 Å². The number of nitrogens with zero attached hydrogens (tertiary/aromatic N) is 2. The van der Waals surface area contributed by atoms with E-state index in [9.17, 15) is 0 Å². The third-order valence-electron chi connectivity index (χ3n) is 3.66. The zero-order valence-electron chi connectivity index (χ0n) is 12.8. The number of pyridine rings is 1. The Labute approximate surface area is 153 Å². The van der Waals surface area contributed by atoms with Crippen molar-refractivity contribution in [2.45, 2.75) is 31.9 Å². The SMILES string of the molecule is I.NC(=NCc1ccccc1OC1CCC1)Nc1ccccn1. The molecule has 6 heteroatoms. The predicted octanol–water partition coefficient (Wildman–Crippen LogP) is 3.56. The van der Waals surface area contributed by atoms with E-state index in [1.165, 1.54) is 6.42 Å². The zero-order chi connectivity index (χ0) is 15.2. The molecule has 2 aromatic rings. The van der Waals surface area contributed by atoms with Crippen molar-refractivity contribution in [2.75, 3.05) is 5.32 Å². The standard InChI is InChI=1S/C17H20N4O.HI/c18-17(21-16-10-3-4-11-19-16)20-12-13-6-1-2-9-15(13)22-14-7-5-8-14;/h1-4,6,9-11,14H,5,7-8,12H2,(H3,18,19,20,21);1H. The van der Waals surface area contributed by atoms with E-state index in [0.717, 1.165) is 24.2 Å². The fourth-order valence-electron chi connectivity index (χ4n) is 2.20. The highest BCUT2D eigenvalue weighted by Gasteiger charge is 2.19. The minimum atomic E-state index is 0. The van der Waals surface area contributed by atoms with E-state index in [-0.39, 0.29) is 24.0 Å². The minimum absolute atomic E-state index is 0. The van der Waals surface area contributed by atoms with Crippen LogP contribution in [0.25, 0.3) is 0 Å². The number of aliphatic imine (C=N–C) groups is 1. The van der Waals surface area contributed by atoms with Gasteiger partial charge in [-0.2, -0.15) is 0 Å². The number of aromatic nitrogens is 1. The summed E-state index contributed by atoms with van der Waals surface area (Å²) in [5.74, 6) is 1.93. The molecule has 3 rings (SSSR count). The number of benzene rings is 1. The largest absolute Gasteiger partial charge is 0.490 e. The third-order valence-corrected chi connectivity index (χ3v) is 3.66. The van der Waals surface area contributed by atoms with Crippen LogP contribution in [0.15, 0.2) is 53.7 Å². The lowest BCUT2D eigenvalue weighted by atomic mass is 9.96. The van der Waals surface area contributed by atoms with Crippen LogP contribution in [-0.2, 0) is 6.54 Å². The highest BCUT2D eigenvalue weighted by Crippen LogP contribution is 2.27. The van der Waals surface area contributed by atoms with Gasteiger partial charge in [-0.15, -0.1) is 24.0 Å². The topological polar surface area (TPSA) is 72.5 Å². The lowest BCUT2D eigenvalue weighted by molar-refractivity contribution is 0.119. The molecule has 0 radical (unpaired) electrons. The summed E-state index contributed by atoms with van der Waals surface area (Å²) >= 11 is 0. The van der Waals surface area contributed by atoms with E-state index in [0.29, 0.717) is 24.4 Å². The maximum atomic E-state index is 5.99. The van der Waals surface area contributed by atoms with Gasteiger partial charge in [0.2, 0.25) is 0 Å². The van der Waals surface area contributed by atoms with E-state index in [4.69, 9.17) is 10.5 Å². The molecule has 1 aromatic carbocycles. The third kappa shape index (κ3) is 5.09. The van der Waals surface area contributed by atoms with Gasteiger partial charge in [0.25, 0.3) is 0 Å². The van der Waals surface area contributed by atoms with Crippen LogP contribution in [0.1, 0.15) is 24.8 Å². The number of anilines is 1. The summed E-state index contributed by atoms with van der Waals surface area (Å²) in [5.41, 5.74) is 6.94. The number of halogens is 1. The number of hydrogen-bond donors (Lipinski definition) is 2. The predicted molar refractivity (Wildman–Crippen MR) is 103 cm³/mol. The molecule has 0 bridgehead atoms. The highest BCUT2D eigenvalue weighted by molar-refractivity contribution is 14.0. The number of guanidine groups is 1. The second-order valence-electron chi connectivity index (χ2n) is 5.32. The first kappa shape index (κ1) is 17.5. The highest BCUT2D eigenvalue weighted by atomic mass is 127. The molecule has 0 atom stereocenters. The molecular formula is C17H21IN4O. The van der Waals surface area contributed by atoms with Gasteiger partial charge in [-0.3, -0.25) is 0 Å². The van der Waals surface area contributed by atoms with Gasteiger partial charge < -0.3 is 15.8 Å². The van der Waals surface area contributed by atoms with Gasteiger partial charge in [0.05, 0.1) is 12.6 Å². The number of ether oxygens (including phenoxy) is 1. The minimum Gasteiger partial charge on any atom is -0.490 e. The Morgan fingerprint density at radius 3 is 2.70 bits per heavy atom. The maximum absolute atomic E-state index is 5.99. The van der Waals surface area contributed by atoms with Crippen molar-refractivity contribution in [3.05, 3.63) is 54.2 Å². The molecular weight excluding hydrogens is 403 g/mol. The quantitative estimate of drug-likeness (QED) is 0.438. The van der Waals surface area contributed by atoms with Crippen LogP contribution in [0, 0.1) is 0 Å². The number of nitrogens with one attached hydrogen (secondary N) is 1. The van der Waals surface area contributed by atoms with Crippen LogP contribution in [0.4, 0.5) is 5.82 Å². The van der Waals surface area contributed by atoms with E-state index in [2.05, 4.69) is 15.3 Å². The normalized spacial score (nSPS) is 14.5.